The second-order valence-electron chi connectivity index (χ2n) is 4.01. The van der Waals surface area contributed by atoms with E-state index >= 15 is 0 Å². The molecule has 1 N–H and O–H groups in total. The summed E-state index contributed by atoms with van der Waals surface area (Å²) in [5, 5.41) is 3.02. The van der Waals surface area contributed by atoms with Gasteiger partial charge in [-0.3, -0.25) is 4.79 Å². The van der Waals surface area contributed by atoms with Gasteiger partial charge in [-0.05, 0) is 12.8 Å². The Balaban J connectivity index is 2.42. The average Bonchev–Trinajstić information content (AvgIpc) is 2.09. The maximum absolute atomic E-state index is 11.5. The van der Waals surface area contributed by atoms with E-state index < -0.39 is 0 Å². The molecule has 0 aromatic rings. The van der Waals surface area contributed by atoms with E-state index in [0.29, 0.717) is 0 Å². The third-order valence-electron chi connectivity index (χ3n) is 2.68. The van der Waals surface area contributed by atoms with Gasteiger partial charge in [0.15, 0.2) is 0 Å². The molecule has 1 aliphatic heterocycles. The predicted molar refractivity (Wildman–Crippen MR) is 58.5 cm³/mol. The highest BCUT2D eigenvalue weighted by atomic mass is 31.0. The van der Waals surface area contributed by atoms with Crippen LogP contribution in [0.25, 0.3) is 0 Å². The van der Waals surface area contributed by atoms with Gasteiger partial charge in [0.2, 0.25) is 5.91 Å². The SMILES string of the molecule is CC1CCCCCCC(P)NC1=O. The number of amides is 1. The molecule has 1 fully saturated rings. The molecular formula is C10H20NOP. The molecule has 3 heteroatoms. The Kier molecular flexibility index (Phi) is 4.72. The summed E-state index contributed by atoms with van der Waals surface area (Å²) in [4.78, 5) is 11.5. The topological polar surface area (TPSA) is 29.1 Å². The maximum Gasteiger partial charge on any atom is 0.223 e. The predicted octanol–water partition coefficient (Wildman–Crippen LogP) is 2.29. The molecule has 3 atom stereocenters. The molecule has 0 radical (unpaired) electrons. The normalized spacial score (nSPS) is 32.3. The van der Waals surface area contributed by atoms with Gasteiger partial charge in [-0.1, -0.05) is 32.6 Å². The first-order valence-electron chi connectivity index (χ1n) is 5.26. The first-order chi connectivity index (χ1) is 6.20. The van der Waals surface area contributed by atoms with E-state index in [0.717, 1.165) is 12.8 Å². The molecule has 1 aliphatic rings. The average molecular weight is 201 g/mol. The highest BCUT2D eigenvalue weighted by Gasteiger charge is 2.15. The van der Waals surface area contributed by atoms with Gasteiger partial charge in [-0.15, -0.1) is 9.24 Å². The van der Waals surface area contributed by atoms with Crippen molar-refractivity contribution in [3.05, 3.63) is 0 Å². The van der Waals surface area contributed by atoms with Gasteiger partial charge in [0, 0.05) is 11.7 Å². The minimum Gasteiger partial charge on any atom is -0.350 e. The lowest BCUT2D eigenvalue weighted by atomic mass is 10.00. The van der Waals surface area contributed by atoms with Crippen molar-refractivity contribution in [2.75, 3.05) is 0 Å². The Morgan fingerprint density at radius 2 is 1.85 bits per heavy atom. The van der Waals surface area contributed by atoms with Crippen LogP contribution in [0.5, 0.6) is 0 Å². The fourth-order valence-corrected chi connectivity index (χ4v) is 2.10. The summed E-state index contributed by atoms with van der Waals surface area (Å²) < 4.78 is 0. The van der Waals surface area contributed by atoms with E-state index in [9.17, 15) is 4.79 Å². The van der Waals surface area contributed by atoms with Crippen molar-refractivity contribution in [1.29, 1.82) is 0 Å². The van der Waals surface area contributed by atoms with E-state index in [1.807, 2.05) is 6.92 Å². The van der Waals surface area contributed by atoms with Gasteiger partial charge in [-0.25, -0.2) is 0 Å². The molecule has 0 bridgehead atoms. The summed E-state index contributed by atoms with van der Waals surface area (Å²) in [6.07, 6.45) is 7.19. The first kappa shape index (κ1) is 11.0. The number of rotatable bonds is 0. The van der Waals surface area contributed by atoms with Crippen LogP contribution in [0.4, 0.5) is 0 Å². The van der Waals surface area contributed by atoms with Crippen molar-refractivity contribution in [2.24, 2.45) is 5.92 Å². The lowest BCUT2D eigenvalue weighted by Gasteiger charge is -2.19. The number of hydrogen-bond donors (Lipinski definition) is 1. The van der Waals surface area contributed by atoms with Crippen molar-refractivity contribution in [2.45, 2.75) is 51.2 Å². The third-order valence-corrected chi connectivity index (χ3v) is 3.18. The molecule has 1 amide bonds. The molecule has 0 saturated carbocycles. The second kappa shape index (κ2) is 5.59. The van der Waals surface area contributed by atoms with Gasteiger partial charge < -0.3 is 5.32 Å². The molecule has 3 unspecified atom stereocenters. The van der Waals surface area contributed by atoms with Crippen molar-refractivity contribution < 1.29 is 4.79 Å². The fraction of sp³-hybridized carbons (Fsp3) is 0.900. The van der Waals surface area contributed by atoms with Crippen LogP contribution in [0.1, 0.15) is 45.4 Å². The van der Waals surface area contributed by atoms with Crippen LogP contribution in [-0.2, 0) is 4.79 Å². The van der Waals surface area contributed by atoms with Crippen LogP contribution in [0.3, 0.4) is 0 Å². The minimum atomic E-state index is 0.196. The summed E-state index contributed by atoms with van der Waals surface area (Å²) in [6.45, 7) is 2.02. The second-order valence-corrected chi connectivity index (χ2v) is 4.81. The Morgan fingerprint density at radius 1 is 1.23 bits per heavy atom. The van der Waals surface area contributed by atoms with E-state index in [2.05, 4.69) is 14.6 Å². The van der Waals surface area contributed by atoms with Crippen LogP contribution in [0, 0.1) is 5.92 Å². The van der Waals surface area contributed by atoms with E-state index in [4.69, 9.17) is 0 Å². The zero-order valence-electron chi connectivity index (χ0n) is 8.38. The van der Waals surface area contributed by atoms with Crippen LogP contribution in [-0.4, -0.2) is 11.7 Å². The van der Waals surface area contributed by atoms with Gasteiger partial charge in [0.25, 0.3) is 0 Å². The van der Waals surface area contributed by atoms with E-state index in [-0.39, 0.29) is 17.6 Å². The maximum atomic E-state index is 11.5. The highest BCUT2D eigenvalue weighted by Crippen LogP contribution is 2.17. The van der Waals surface area contributed by atoms with Gasteiger partial charge in [0.05, 0.1) is 0 Å². The van der Waals surface area contributed by atoms with Crippen molar-refractivity contribution >= 4 is 15.1 Å². The zero-order chi connectivity index (χ0) is 9.68. The summed E-state index contributed by atoms with van der Waals surface area (Å²) in [5.41, 5.74) is 0. The molecule has 2 nitrogen and oxygen atoms in total. The quantitative estimate of drug-likeness (QED) is 0.598. The third kappa shape index (κ3) is 4.08. The monoisotopic (exact) mass is 201 g/mol. The molecule has 0 aliphatic carbocycles. The standard InChI is InChI=1S/C10H20NOP/c1-8-6-4-2-3-5-7-9(13)11-10(8)12/h8-9H,2-7,13H2,1H3,(H,11,12). The Morgan fingerprint density at radius 3 is 2.54 bits per heavy atom. The molecule has 1 rings (SSSR count). The smallest absolute Gasteiger partial charge is 0.223 e. The zero-order valence-corrected chi connectivity index (χ0v) is 9.54. The summed E-state index contributed by atoms with van der Waals surface area (Å²) >= 11 is 0. The summed E-state index contributed by atoms with van der Waals surface area (Å²) in [7, 11) is 2.71. The highest BCUT2D eigenvalue weighted by molar-refractivity contribution is 7.17. The lowest BCUT2D eigenvalue weighted by Crippen LogP contribution is -2.35. The molecule has 76 valence electrons. The van der Waals surface area contributed by atoms with E-state index in [1.54, 1.807) is 0 Å². The Bertz CT molecular complexity index is 172. The van der Waals surface area contributed by atoms with Crippen LogP contribution in [0.2, 0.25) is 0 Å². The first-order valence-corrected chi connectivity index (χ1v) is 5.93. The van der Waals surface area contributed by atoms with Crippen LogP contribution < -0.4 is 5.32 Å². The number of carbonyl (C=O) groups excluding carboxylic acids is 1. The van der Waals surface area contributed by atoms with Crippen LogP contribution >= 0.6 is 9.24 Å². The Labute approximate surface area is 83.1 Å². The number of hydrogen-bond acceptors (Lipinski definition) is 1. The number of nitrogens with one attached hydrogen (secondary N) is 1. The summed E-state index contributed by atoms with van der Waals surface area (Å²) in [5.74, 6) is 0.705. The minimum absolute atomic E-state index is 0.196. The number of carbonyl (C=O) groups is 1. The lowest BCUT2D eigenvalue weighted by molar-refractivity contribution is -0.125. The largest absolute Gasteiger partial charge is 0.350 e. The van der Waals surface area contributed by atoms with Crippen LogP contribution in [0.15, 0.2) is 0 Å². The molecule has 0 aromatic heterocycles. The molecule has 0 spiro atoms. The van der Waals surface area contributed by atoms with Gasteiger partial charge >= 0.3 is 0 Å². The molecule has 1 saturated heterocycles. The molecule has 13 heavy (non-hydrogen) atoms. The van der Waals surface area contributed by atoms with E-state index in [1.165, 1.54) is 25.7 Å². The van der Waals surface area contributed by atoms with Gasteiger partial charge in [-0.2, -0.15) is 0 Å². The molecular weight excluding hydrogens is 181 g/mol. The van der Waals surface area contributed by atoms with Crippen molar-refractivity contribution in [1.82, 2.24) is 5.32 Å². The van der Waals surface area contributed by atoms with Crippen molar-refractivity contribution in [3.8, 4) is 0 Å². The summed E-state index contributed by atoms with van der Waals surface area (Å²) in [6, 6.07) is 0. The molecule has 0 aromatic carbocycles. The Hall–Kier alpha value is -0.100. The van der Waals surface area contributed by atoms with Gasteiger partial charge in [0.1, 0.15) is 0 Å². The molecule has 1 heterocycles. The fourth-order valence-electron chi connectivity index (χ4n) is 1.70. The van der Waals surface area contributed by atoms with Crippen molar-refractivity contribution in [3.63, 3.8) is 0 Å².